The van der Waals surface area contributed by atoms with Gasteiger partial charge in [0.1, 0.15) is 23.0 Å². The number of ether oxygens (including phenoxy) is 3. The Hall–Kier alpha value is -5.24. The summed E-state index contributed by atoms with van der Waals surface area (Å²) >= 11 is 0. The summed E-state index contributed by atoms with van der Waals surface area (Å²) in [6, 6.07) is 21.2. The SMILES string of the molecule is COc1cccc(C(=O)[C@H]2[C@@H](c3ccc(OC)c(OC)c3)C3(C(=O)c4ccccc4C3=O)[C@H]3C=Cc4cc(F)ccc4N23)c1. The molecule has 1 fully saturated rings. The lowest BCUT2D eigenvalue weighted by atomic mass is 9.64. The Bertz CT molecular complexity index is 1860. The molecule has 3 atom stereocenters. The summed E-state index contributed by atoms with van der Waals surface area (Å²) in [5, 5.41) is 0. The van der Waals surface area contributed by atoms with E-state index < -0.39 is 29.2 Å². The van der Waals surface area contributed by atoms with Crippen LogP contribution in [0.15, 0.2) is 91.0 Å². The largest absolute Gasteiger partial charge is 0.497 e. The van der Waals surface area contributed by atoms with Crippen LogP contribution in [0.4, 0.5) is 10.1 Å². The van der Waals surface area contributed by atoms with Gasteiger partial charge in [0.2, 0.25) is 0 Å². The second kappa shape index (κ2) is 10.2. The van der Waals surface area contributed by atoms with E-state index in [-0.39, 0.29) is 17.3 Å². The first-order valence-electron chi connectivity index (χ1n) is 14.2. The van der Waals surface area contributed by atoms with Gasteiger partial charge in [-0.3, -0.25) is 14.4 Å². The van der Waals surface area contributed by atoms with Gasteiger partial charge >= 0.3 is 0 Å². The lowest BCUT2D eigenvalue weighted by Crippen LogP contribution is -2.48. The van der Waals surface area contributed by atoms with Crippen molar-refractivity contribution in [3.63, 3.8) is 0 Å². The highest BCUT2D eigenvalue weighted by Gasteiger charge is 2.71. The lowest BCUT2D eigenvalue weighted by molar-refractivity contribution is 0.0665. The zero-order valence-electron chi connectivity index (χ0n) is 24.2. The van der Waals surface area contributed by atoms with Gasteiger partial charge in [-0.05, 0) is 48.0 Å². The zero-order valence-corrected chi connectivity index (χ0v) is 24.2. The summed E-state index contributed by atoms with van der Waals surface area (Å²) in [7, 11) is 4.54. The van der Waals surface area contributed by atoms with E-state index in [1.165, 1.54) is 33.5 Å². The molecule has 0 radical (unpaired) electrons. The van der Waals surface area contributed by atoms with Gasteiger partial charge in [-0.25, -0.2) is 4.39 Å². The third-order valence-corrected chi connectivity index (χ3v) is 9.16. The number of methoxy groups -OCH3 is 3. The van der Waals surface area contributed by atoms with Gasteiger partial charge in [0.15, 0.2) is 28.8 Å². The Morgan fingerprint density at radius 1 is 0.795 bits per heavy atom. The van der Waals surface area contributed by atoms with Crippen molar-refractivity contribution >= 4 is 29.1 Å². The van der Waals surface area contributed by atoms with Crippen LogP contribution >= 0.6 is 0 Å². The summed E-state index contributed by atoms with van der Waals surface area (Å²) in [5.74, 6) is -1.08. The van der Waals surface area contributed by atoms with Gasteiger partial charge in [0.05, 0.1) is 27.4 Å². The Labute approximate surface area is 253 Å². The summed E-state index contributed by atoms with van der Waals surface area (Å²) in [4.78, 5) is 46.3. The molecule has 0 unspecified atom stereocenters. The number of rotatable bonds is 6. The fourth-order valence-corrected chi connectivity index (χ4v) is 7.31. The third-order valence-electron chi connectivity index (χ3n) is 9.16. The number of carbonyl (C=O) groups excluding carboxylic acids is 3. The number of anilines is 1. The number of nitrogens with zero attached hydrogens (tertiary/aromatic N) is 1. The number of Topliss-reactive ketones (excluding diaryl/α,β-unsaturated/α-hetero) is 3. The second-order valence-electron chi connectivity index (χ2n) is 11.1. The first-order chi connectivity index (χ1) is 21.3. The molecule has 44 heavy (non-hydrogen) atoms. The molecule has 2 heterocycles. The molecule has 7 rings (SSSR count). The van der Waals surface area contributed by atoms with Gasteiger partial charge in [0, 0.05) is 33.9 Å². The Morgan fingerprint density at radius 3 is 2.20 bits per heavy atom. The van der Waals surface area contributed by atoms with Gasteiger partial charge in [-0.1, -0.05) is 54.6 Å². The van der Waals surface area contributed by atoms with Crippen molar-refractivity contribution in [2.45, 2.75) is 18.0 Å². The van der Waals surface area contributed by atoms with Crippen LogP contribution in [-0.4, -0.2) is 50.8 Å². The number of hydrogen-bond donors (Lipinski definition) is 0. The Kier molecular flexibility index (Phi) is 6.39. The maximum absolute atomic E-state index is 14.9. The predicted molar refractivity (Wildman–Crippen MR) is 163 cm³/mol. The van der Waals surface area contributed by atoms with Crippen LogP contribution in [0.1, 0.15) is 48.1 Å². The van der Waals surface area contributed by atoms with Crippen LogP contribution in [0.3, 0.4) is 0 Å². The first-order valence-corrected chi connectivity index (χ1v) is 14.2. The Balaban J connectivity index is 1.55. The van der Waals surface area contributed by atoms with E-state index in [4.69, 9.17) is 14.2 Å². The second-order valence-corrected chi connectivity index (χ2v) is 11.1. The minimum atomic E-state index is -1.70. The van der Waals surface area contributed by atoms with E-state index in [1.807, 2.05) is 4.90 Å². The average molecular weight is 590 g/mol. The van der Waals surface area contributed by atoms with E-state index in [0.29, 0.717) is 50.8 Å². The van der Waals surface area contributed by atoms with Crippen LogP contribution in [0.5, 0.6) is 17.2 Å². The average Bonchev–Trinajstić information content (AvgIpc) is 3.49. The van der Waals surface area contributed by atoms with Crippen LogP contribution < -0.4 is 19.1 Å². The molecule has 1 aliphatic carbocycles. The minimum absolute atomic E-state index is 0.312. The van der Waals surface area contributed by atoms with E-state index in [1.54, 1.807) is 84.9 Å². The van der Waals surface area contributed by atoms with E-state index in [0.717, 1.165) is 0 Å². The molecule has 2 aliphatic heterocycles. The molecular formula is C36H28FNO6. The molecule has 0 bridgehead atoms. The molecule has 0 amide bonds. The van der Waals surface area contributed by atoms with Gasteiger partial charge < -0.3 is 19.1 Å². The summed E-state index contributed by atoms with van der Waals surface area (Å²) in [6.45, 7) is 0. The number of fused-ring (bicyclic) bond motifs is 5. The molecule has 4 aromatic carbocycles. The molecule has 3 aliphatic rings. The Morgan fingerprint density at radius 2 is 1.52 bits per heavy atom. The smallest absolute Gasteiger partial charge is 0.186 e. The fraction of sp³-hybridized carbons (Fsp3) is 0.194. The molecule has 0 N–H and O–H groups in total. The zero-order chi connectivity index (χ0) is 30.7. The highest BCUT2D eigenvalue weighted by atomic mass is 19.1. The van der Waals surface area contributed by atoms with Gasteiger partial charge in [-0.2, -0.15) is 0 Å². The summed E-state index contributed by atoms with van der Waals surface area (Å²) < 4.78 is 31.0. The first kappa shape index (κ1) is 27.6. The third kappa shape index (κ3) is 3.70. The minimum Gasteiger partial charge on any atom is -0.497 e. The van der Waals surface area contributed by atoms with Crippen LogP contribution in [0, 0.1) is 11.2 Å². The summed E-state index contributed by atoms with van der Waals surface area (Å²) in [6.07, 6.45) is 3.49. The van der Waals surface area contributed by atoms with Crippen molar-refractivity contribution in [2.24, 2.45) is 5.41 Å². The normalized spacial score (nSPS) is 20.7. The number of ketones is 3. The van der Waals surface area contributed by atoms with Crippen LogP contribution in [0.25, 0.3) is 6.08 Å². The van der Waals surface area contributed by atoms with Crippen LogP contribution in [0.2, 0.25) is 0 Å². The molecule has 7 nitrogen and oxygen atoms in total. The van der Waals surface area contributed by atoms with Crippen molar-refractivity contribution in [1.82, 2.24) is 0 Å². The number of benzene rings is 4. The van der Waals surface area contributed by atoms with E-state index in [2.05, 4.69) is 0 Å². The number of hydrogen-bond acceptors (Lipinski definition) is 7. The highest BCUT2D eigenvalue weighted by Crippen LogP contribution is 2.61. The van der Waals surface area contributed by atoms with Crippen molar-refractivity contribution in [1.29, 1.82) is 0 Å². The van der Waals surface area contributed by atoms with E-state index >= 15 is 0 Å². The van der Waals surface area contributed by atoms with E-state index in [9.17, 15) is 18.8 Å². The molecule has 1 saturated heterocycles. The van der Waals surface area contributed by atoms with Crippen molar-refractivity contribution < 1.29 is 33.0 Å². The van der Waals surface area contributed by atoms with Crippen molar-refractivity contribution in [2.75, 3.05) is 26.2 Å². The maximum Gasteiger partial charge on any atom is 0.186 e. The topological polar surface area (TPSA) is 82.1 Å². The van der Waals surface area contributed by atoms with Gasteiger partial charge in [0.25, 0.3) is 0 Å². The molecule has 0 saturated carbocycles. The maximum atomic E-state index is 14.9. The van der Waals surface area contributed by atoms with Crippen molar-refractivity contribution in [3.8, 4) is 17.2 Å². The lowest BCUT2D eigenvalue weighted by Gasteiger charge is -2.37. The molecule has 220 valence electrons. The van der Waals surface area contributed by atoms with Gasteiger partial charge in [-0.15, -0.1) is 0 Å². The quantitative estimate of drug-likeness (QED) is 0.197. The standard InChI is InChI=1S/C36H28FNO6/c1-42-24-8-6-7-22(18-24)33(39)32-31(21-11-15-28(43-2)29(19-21)44-3)36(34(40)25-9-4-5-10-26(25)35(36)41)30-16-12-20-17-23(37)13-14-27(20)38(30)32/h4-19,30-32H,1-3H3/t30-,31-,32-/m1/s1. The highest BCUT2D eigenvalue weighted by molar-refractivity contribution is 6.32. The fourth-order valence-electron chi connectivity index (χ4n) is 7.31. The summed E-state index contributed by atoms with van der Waals surface area (Å²) in [5.41, 5.74) is 0.938. The molecule has 0 aromatic heterocycles. The molecule has 1 spiro atoms. The molecule has 4 aromatic rings. The monoisotopic (exact) mass is 589 g/mol. The number of halogens is 1. The van der Waals surface area contributed by atoms with Crippen LogP contribution in [-0.2, 0) is 0 Å². The predicted octanol–water partition coefficient (Wildman–Crippen LogP) is 6.17. The number of carbonyl (C=O) groups is 3. The molecular weight excluding hydrogens is 561 g/mol. The molecule has 8 heteroatoms. The van der Waals surface area contributed by atoms with Crippen molar-refractivity contribution in [3.05, 3.63) is 125 Å².